The zero-order chi connectivity index (χ0) is 21.7. The fourth-order valence-electron chi connectivity index (χ4n) is 2.58. The average Bonchev–Trinajstić information content (AvgIpc) is 2.74. The predicted octanol–water partition coefficient (Wildman–Crippen LogP) is 5.29. The van der Waals surface area contributed by atoms with E-state index in [1.54, 1.807) is 37.6 Å². The van der Waals surface area contributed by atoms with Gasteiger partial charge in [-0.05, 0) is 76.9 Å². The molecule has 0 N–H and O–H groups in total. The smallest absolute Gasteiger partial charge is 0.339 e. The molecule has 0 saturated heterocycles. The summed E-state index contributed by atoms with van der Waals surface area (Å²) >= 11 is 3.37. The largest absolute Gasteiger partial charge is 0.497 e. The number of nitrogens with zero attached hydrogens (tertiary/aromatic N) is 1. The van der Waals surface area contributed by atoms with Crippen LogP contribution in [-0.2, 0) is 10.1 Å². The van der Waals surface area contributed by atoms with E-state index in [4.69, 9.17) is 13.7 Å². The van der Waals surface area contributed by atoms with E-state index in [0.29, 0.717) is 10.0 Å². The predicted molar refractivity (Wildman–Crippen MR) is 120 cm³/mol. The van der Waals surface area contributed by atoms with Gasteiger partial charge in [0.25, 0.3) is 0 Å². The SMILES string of the molecule is COc1ccc(N=Cc2cc(Br)c(OS(=O)(=O)c3ccc(C)cc3)c(OC)c2)cc1. The molecule has 0 spiro atoms. The quantitative estimate of drug-likeness (QED) is 0.332. The van der Waals surface area contributed by atoms with Crippen LogP contribution < -0.4 is 13.7 Å². The van der Waals surface area contributed by atoms with Crippen LogP contribution in [0, 0.1) is 6.92 Å². The summed E-state index contributed by atoms with van der Waals surface area (Å²) in [6, 6.07) is 17.1. The number of methoxy groups -OCH3 is 2. The monoisotopic (exact) mass is 489 g/mol. The Hall–Kier alpha value is -2.84. The normalized spacial score (nSPS) is 11.5. The second kappa shape index (κ2) is 9.32. The van der Waals surface area contributed by atoms with Gasteiger partial charge in [-0.2, -0.15) is 8.42 Å². The van der Waals surface area contributed by atoms with Crippen molar-refractivity contribution in [2.45, 2.75) is 11.8 Å². The van der Waals surface area contributed by atoms with Gasteiger partial charge in [-0.25, -0.2) is 0 Å². The molecule has 0 aliphatic carbocycles. The third-order valence-electron chi connectivity index (χ3n) is 4.19. The molecule has 0 atom stereocenters. The highest BCUT2D eigenvalue weighted by molar-refractivity contribution is 9.10. The highest BCUT2D eigenvalue weighted by Gasteiger charge is 2.21. The zero-order valence-corrected chi connectivity index (χ0v) is 19.0. The topological polar surface area (TPSA) is 74.2 Å². The van der Waals surface area contributed by atoms with Crippen LogP contribution in [0.5, 0.6) is 17.2 Å². The Balaban J connectivity index is 1.88. The molecule has 3 rings (SSSR count). The van der Waals surface area contributed by atoms with E-state index in [-0.39, 0.29) is 16.4 Å². The highest BCUT2D eigenvalue weighted by atomic mass is 79.9. The number of halogens is 1. The van der Waals surface area contributed by atoms with Crippen LogP contribution in [0.25, 0.3) is 0 Å². The minimum absolute atomic E-state index is 0.0622. The van der Waals surface area contributed by atoms with Crippen molar-refractivity contribution < 1.29 is 22.1 Å². The standard InChI is InChI=1S/C22H20BrNO5S/c1-15-4-10-19(11-5-15)30(25,26)29-22-20(23)12-16(13-21(22)28-3)14-24-17-6-8-18(27-2)9-7-17/h4-14H,1-3H3. The lowest BCUT2D eigenvalue weighted by atomic mass is 10.2. The number of rotatable bonds is 7. The van der Waals surface area contributed by atoms with Gasteiger partial charge in [0.1, 0.15) is 10.6 Å². The molecule has 156 valence electrons. The summed E-state index contributed by atoms with van der Waals surface area (Å²) in [5.74, 6) is 1.07. The van der Waals surface area contributed by atoms with Crippen LogP contribution in [0.15, 0.2) is 75.0 Å². The van der Waals surface area contributed by atoms with Crippen LogP contribution in [0.4, 0.5) is 5.69 Å². The molecule has 8 heteroatoms. The van der Waals surface area contributed by atoms with Crippen LogP contribution in [0.2, 0.25) is 0 Å². The van der Waals surface area contributed by atoms with Crippen LogP contribution in [-0.4, -0.2) is 28.9 Å². The molecule has 0 aliphatic rings. The van der Waals surface area contributed by atoms with Crippen molar-refractivity contribution in [2.75, 3.05) is 14.2 Å². The summed E-state index contributed by atoms with van der Waals surface area (Å²) in [4.78, 5) is 4.47. The first-order valence-corrected chi connectivity index (χ1v) is 11.1. The lowest BCUT2D eigenvalue weighted by molar-refractivity contribution is 0.389. The Morgan fingerprint density at radius 2 is 1.60 bits per heavy atom. The number of ether oxygens (including phenoxy) is 2. The van der Waals surface area contributed by atoms with Crippen molar-refractivity contribution in [3.8, 4) is 17.2 Å². The highest BCUT2D eigenvalue weighted by Crippen LogP contribution is 2.38. The molecule has 30 heavy (non-hydrogen) atoms. The molecule has 0 aromatic heterocycles. The van der Waals surface area contributed by atoms with Crippen LogP contribution >= 0.6 is 15.9 Å². The lowest BCUT2D eigenvalue weighted by Crippen LogP contribution is -2.11. The van der Waals surface area contributed by atoms with E-state index in [9.17, 15) is 8.42 Å². The maximum atomic E-state index is 12.6. The van der Waals surface area contributed by atoms with Crippen LogP contribution in [0.1, 0.15) is 11.1 Å². The third-order valence-corrected chi connectivity index (χ3v) is 6.01. The van der Waals surface area contributed by atoms with Gasteiger partial charge >= 0.3 is 10.1 Å². The first kappa shape index (κ1) is 21.9. The van der Waals surface area contributed by atoms with E-state index < -0.39 is 10.1 Å². The molecule has 0 aliphatic heterocycles. The molecule has 3 aromatic carbocycles. The number of aryl methyl sites for hydroxylation is 1. The summed E-state index contributed by atoms with van der Waals surface area (Å²) in [5, 5.41) is 0. The number of aliphatic imine (C=N–C) groups is 1. The molecular weight excluding hydrogens is 470 g/mol. The minimum atomic E-state index is -4.02. The molecule has 3 aromatic rings. The summed E-state index contributed by atoms with van der Waals surface area (Å²) < 4.78 is 41.6. The van der Waals surface area contributed by atoms with Gasteiger partial charge in [-0.1, -0.05) is 17.7 Å². The molecule has 0 saturated carbocycles. The van der Waals surface area contributed by atoms with E-state index >= 15 is 0 Å². The molecular formula is C22H20BrNO5S. The van der Waals surface area contributed by atoms with Gasteiger partial charge in [0, 0.05) is 6.21 Å². The molecule has 0 heterocycles. The number of hydrogen-bond acceptors (Lipinski definition) is 6. The Morgan fingerprint density at radius 3 is 2.20 bits per heavy atom. The van der Waals surface area contributed by atoms with Gasteiger partial charge in [-0.3, -0.25) is 4.99 Å². The molecule has 0 unspecified atom stereocenters. The average molecular weight is 490 g/mol. The Labute approximate surface area is 184 Å². The first-order chi connectivity index (χ1) is 14.3. The van der Waals surface area contributed by atoms with Gasteiger partial charge < -0.3 is 13.7 Å². The zero-order valence-electron chi connectivity index (χ0n) is 16.6. The van der Waals surface area contributed by atoms with Crippen molar-refractivity contribution in [1.29, 1.82) is 0 Å². The second-order valence-electron chi connectivity index (χ2n) is 6.34. The Kier molecular flexibility index (Phi) is 6.79. The Bertz CT molecular complexity index is 1160. The molecule has 0 radical (unpaired) electrons. The number of hydrogen-bond donors (Lipinski definition) is 0. The van der Waals surface area contributed by atoms with Crippen molar-refractivity contribution >= 4 is 38.0 Å². The molecule has 0 amide bonds. The third kappa shape index (κ3) is 5.20. The summed E-state index contributed by atoms with van der Waals surface area (Å²) in [7, 11) is -0.972. The van der Waals surface area contributed by atoms with Crippen molar-refractivity contribution in [1.82, 2.24) is 0 Å². The lowest BCUT2D eigenvalue weighted by Gasteiger charge is -2.13. The van der Waals surface area contributed by atoms with E-state index in [0.717, 1.165) is 17.0 Å². The second-order valence-corrected chi connectivity index (χ2v) is 8.74. The van der Waals surface area contributed by atoms with E-state index in [1.165, 1.54) is 19.2 Å². The molecule has 6 nitrogen and oxygen atoms in total. The maximum Gasteiger partial charge on any atom is 0.339 e. The van der Waals surface area contributed by atoms with Crippen molar-refractivity contribution in [3.63, 3.8) is 0 Å². The molecule has 0 bridgehead atoms. The van der Waals surface area contributed by atoms with Gasteiger partial charge in [0.05, 0.1) is 24.4 Å². The fourth-order valence-corrected chi connectivity index (χ4v) is 4.18. The van der Waals surface area contributed by atoms with Gasteiger partial charge in [-0.15, -0.1) is 0 Å². The first-order valence-electron chi connectivity index (χ1n) is 8.89. The summed E-state index contributed by atoms with van der Waals surface area (Å²) in [6.45, 7) is 1.88. The molecule has 0 fully saturated rings. The summed E-state index contributed by atoms with van der Waals surface area (Å²) in [5.41, 5.74) is 2.40. The minimum Gasteiger partial charge on any atom is -0.497 e. The van der Waals surface area contributed by atoms with Crippen molar-refractivity contribution in [3.05, 3.63) is 76.3 Å². The summed E-state index contributed by atoms with van der Waals surface area (Å²) in [6.07, 6.45) is 1.65. The van der Waals surface area contributed by atoms with E-state index in [2.05, 4.69) is 20.9 Å². The van der Waals surface area contributed by atoms with E-state index in [1.807, 2.05) is 31.2 Å². The van der Waals surface area contributed by atoms with Gasteiger partial charge in [0.2, 0.25) is 0 Å². The fraction of sp³-hybridized carbons (Fsp3) is 0.136. The maximum absolute atomic E-state index is 12.6. The Morgan fingerprint density at radius 1 is 0.933 bits per heavy atom. The van der Waals surface area contributed by atoms with Gasteiger partial charge in [0.15, 0.2) is 11.5 Å². The van der Waals surface area contributed by atoms with Crippen molar-refractivity contribution in [2.24, 2.45) is 4.99 Å². The van der Waals surface area contributed by atoms with Crippen LogP contribution in [0.3, 0.4) is 0 Å². The number of benzene rings is 3.